The predicted octanol–water partition coefficient (Wildman–Crippen LogP) is 8.94. The first kappa shape index (κ1) is 39.1. The van der Waals surface area contributed by atoms with Gasteiger partial charge >= 0.3 is 18.0 Å². The molecule has 5 aliphatic rings. The van der Waals surface area contributed by atoms with E-state index in [0.717, 1.165) is 83.5 Å². The lowest BCUT2D eigenvalue weighted by atomic mass is 9.69. The van der Waals surface area contributed by atoms with Gasteiger partial charge in [0.25, 0.3) is 0 Å². The number of unbranched alkanes of at least 4 members (excludes halogenated alkanes) is 4. The molecule has 0 radical (unpaired) electrons. The van der Waals surface area contributed by atoms with Crippen LogP contribution in [-0.2, 0) is 28.6 Å². The summed E-state index contributed by atoms with van der Waals surface area (Å²) in [5, 5.41) is 2.76. The number of hydrogen-bond donors (Lipinski definition) is 1. The van der Waals surface area contributed by atoms with Crippen molar-refractivity contribution in [3.05, 3.63) is 12.4 Å². The molecule has 1 aliphatic heterocycles. The van der Waals surface area contributed by atoms with Crippen molar-refractivity contribution in [1.82, 2.24) is 19.5 Å². The number of rotatable bonds is 14. The molecule has 3 heterocycles. The summed E-state index contributed by atoms with van der Waals surface area (Å²) < 4.78 is 35.9. The van der Waals surface area contributed by atoms with Crippen molar-refractivity contribution >= 4 is 34.8 Å². The van der Waals surface area contributed by atoms with Gasteiger partial charge in [-0.3, -0.25) is 14.4 Å². The monoisotopic (exact) mass is 751 g/mol. The van der Waals surface area contributed by atoms with Crippen molar-refractivity contribution in [2.24, 2.45) is 22.7 Å². The SMILES string of the molecule is CCCCCCCC(=O)Nc1nc(F)nc2c1ncn2C1CO[C@H](COC(=O)C2CCC3(CCCC3)CC2)[C@@]1(CC)OC(=O)C1CCC2(CCCC2)CC1. The molecule has 298 valence electrons. The van der Waals surface area contributed by atoms with E-state index in [-0.39, 0.29) is 59.9 Å². The predicted molar refractivity (Wildman–Crippen MR) is 202 cm³/mol. The highest BCUT2D eigenvalue weighted by molar-refractivity contribution is 5.96. The van der Waals surface area contributed by atoms with E-state index in [4.69, 9.17) is 14.2 Å². The quantitative estimate of drug-likeness (QED) is 0.114. The van der Waals surface area contributed by atoms with Gasteiger partial charge in [0.1, 0.15) is 18.8 Å². The van der Waals surface area contributed by atoms with Gasteiger partial charge in [0.15, 0.2) is 22.6 Å². The molecule has 4 saturated carbocycles. The Balaban J connectivity index is 1.10. The molecule has 4 aliphatic carbocycles. The highest BCUT2D eigenvalue weighted by Crippen LogP contribution is 2.52. The number of ether oxygens (including phenoxy) is 3. The summed E-state index contributed by atoms with van der Waals surface area (Å²) in [6, 6.07) is -0.641. The molecule has 1 amide bonds. The van der Waals surface area contributed by atoms with E-state index < -0.39 is 23.8 Å². The average molecular weight is 752 g/mol. The van der Waals surface area contributed by atoms with E-state index in [2.05, 4.69) is 27.2 Å². The molecule has 3 atom stereocenters. The molecule has 5 fully saturated rings. The fourth-order valence-electron chi connectivity index (χ4n) is 10.9. The minimum absolute atomic E-state index is 0.00760. The molecule has 7 rings (SSSR count). The molecule has 1 saturated heterocycles. The highest BCUT2D eigenvalue weighted by Gasteiger charge is 2.57. The van der Waals surface area contributed by atoms with Gasteiger partial charge in [0, 0.05) is 6.42 Å². The van der Waals surface area contributed by atoms with Gasteiger partial charge in [-0.1, -0.05) is 65.2 Å². The Kier molecular flexibility index (Phi) is 12.3. The number of amides is 1. The summed E-state index contributed by atoms with van der Waals surface area (Å²) in [5.74, 6) is -1.09. The molecule has 0 bridgehead atoms. The first-order chi connectivity index (χ1) is 26.2. The summed E-state index contributed by atoms with van der Waals surface area (Å²) >= 11 is 0. The van der Waals surface area contributed by atoms with E-state index in [1.54, 1.807) is 4.57 Å². The van der Waals surface area contributed by atoms with E-state index in [9.17, 15) is 14.4 Å². The number of halogens is 1. The number of aromatic nitrogens is 4. The minimum atomic E-state index is -1.24. The van der Waals surface area contributed by atoms with Crippen molar-refractivity contribution < 1.29 is 33.0 Å². The van der Waals surface area contributed by atoms with Gasteiger partial charge in [-0.25, -0.2) is 4.98 Å². The third kappa shape index (κ3) is 8.19. The normalized spacial score (nSPS) is 27.9. The molecule has 2 aromatic heterocycles. The van der Waals surface area contributed by atoms with Gasteiger partial charge in [-0.05, 0) is 101 Å². The van der Waals surface area contributed by atoms with E-state index in [1.807, 2.05) is 6.92 Å². The number of fused-ring (bicyclic) bond motifs is 1. The van der Waals surface area contributed by atoms with E-state index in [0.29, 0.717) is 23.7 Å². The van der Waals surface area contributed by atoms with Crippen molar-refractivity contribution in [1.29, 1.82) is 0 Å². The zero-order chi connectivity index (χ0) is 37.8. The molecular formula is C42H62FN5O6. The molecule has 12 heteroatoms. The van der Waals surface area contributed by atoms with Gasteiger partial charge in [0.05, 0.1) is 24.8 Å². The number of nitrogens with zero attached hydrogens (tertiary/aromatic N) is 4. The first-order valence-electron chi connectivity index (χ1n) is 21.4. The Morgan fingerprint density at radius 1 is 0.852 bits per heavy atom. The van der Waals surface area contributed by atoms with Crippen LogP contribution < -0.4 is 5.32 Å². The lowest BCUT2D eigenvalue weighted by Crippen LogP contribution is -2.51. The minimum Gasteiger partial charge on any atom is -0.463 e. The van der Waals surface area contributed by atoms with Crippen molar-refractivity contribution in [2.75, 3.05) is 18.5 Å². The van der Waals surface area contributed by atoms with Crippen LogP contribution in [0.3, 0.4) is 0 Å². The molecule has 0 aromatic carbocycles. The zero-order valence-electron chi connectivity index (χ0n) is 32.7. The Labute approximate surface area is 319 Å². The first-order valence-corrected chi connectivity index (χ1v) is 21.4. The highest BCUT2D eigenvalue weighted by atomic mass is 19.1. The largest absolute Gasteiger partial charge is 0.463 e. The number of nitrogens with one attached hydrogen (secondary N) is 1. The summed E-state index contributed by atoms with van der Waals surface area (Å²) in [4.78, 5) is 53.2. The average Bonchev–Trinajstić information content (AvgIpc) is 3.99. The molecule has 54 heavy (non-hydrogen) atoms. The number of hydrogen-bond acceptors (Lipinski definition) is 9. The number of imidazole rings is 1. The fourth-order valence-corrected chi connectivity index (χ4v) is 10.9. The van der Waals surface area contributed by atoms with Crippen LogP contribution in [0.4, 0.5) is 10.2 Å². The topological polar surface area (TPSA) is 135 Å². The van der Waals surface area contributed by atoms with Crippen LogP contribution in [0.5, 0.6) is 0 Å². The Hall–Kier alpha value is -3.15. The summed E-state index contributed by atoms with van der Waals surface area (Å²) in [7, 11) is 0. The standard InChI is InChI=1S/C42H62FN5O6/c1-3-5-6-7-8-13-33(49)45-35-34-36(47-39(43)46-35)48(28-44-34)31-26-52-32(27-53-37(50)29-14-22-40(23-15-29)18-9-10-19-40)42(31,4-2)54-38(51)30-16-24-41(25-17-30)20-11-12-21-41/h28-32H,3-27H2,1-2H3,(H,45,46,47,49)/t31?,32-,42+/m1/s1. The van der Waals surface area contributed by atoms with Crippen LogP contribution >= 0.6 is 0 Å². The lowest BCUT2D eigenvalue weighted by Gasteiger charge is -2.41. The fraction of sp³-hybridized carbons (Fsp3) is 0.810. The summed E-state index contributed by atoms with van der Waals surface area (Å²) in [6.07, 6.45) is 23.0. The molecule has 11 nitrogen and oxygen atoms in total. The lowest BCUT2D eigenvalue weighted by molar-refractivity contribution is -0.183. The third-order valence-electron chi connectivity index (χ3n) is 14.4. The summed E-state index contributed by atoms with van der Waals surface area (Å²) in [5.41, 5.74) is -0.0447. The third-order valence-corrected chi connectivity index (χ3v) is 14.4. The maximum absolute atomic E-state index is 15.1. The number of carbonyl (C=O) groups excluding carboxylic acids is 3. The van der Waals surface area contributed by atoms with Gasteiger partial charge in [-0.15, -0.1) is 0 Å². The van der Waals surface area contributed by atoms with Crippen molar-refractivity contribution in [3.8, 4) is 0 Å². The van der Waals surface area contributed by atoms with Gasteiger partial charge in [0.2, 0.25) is 5.91 Å². The smallest absolute Gasteiger partial charge is 0.312 e. The Morgan fingerprint density at radius 3 is 2.07 bits per heavy atom. The molecular weight excluding hydrogens is 689 g/mol. The van der Waals surface area contributed by atoms with Gasteiger partial charge < -0.3 is 24.1 Å². The number of anilines is 1. The number of esters is 2. The Bertz CT molecular complexity index is 1620. The second-order valence-corrected chi connectivity index (χ2v) is 17.5. The summed E-state index contributed by atoms with van der Waals surface area (Å²) in [6.45, 7) is 4.15. The maximum Gasteiger partial charge on any atom is 0.312 e. The van der Waals surface area contributed by atoms with E-state index in [1.165, 1.54) is 57.7 Å². The second kappa shape index (κ2) is 16.9. The second-order valence-electron chi connectivity index (χ2n) is 17.5. The zero-order valence-corrected chi connectivity index (χ0v) is 32.7. The van der Waals surface area contributed by atoms with Crippen LogP contribution in [0.15, 0.2) is 6.33 Å². The van der Waals surface area contributed by atoms with Crippen LogP contribution in [0.1, 0.15) is 168 Å². The van der Waals surface area contributed by atoms with Crippen LogP contribution in [0.2, 0.25) is 0 Å². The number of carbonyl (C=O) groups is 3. The van der Waals surface area contributed by atoms with Crippen molar-refractivity contribution in [3.63, 3.8) is 0 Å². The molecule has 2 aromatic rings. The van der Waals surface area contributed by atoms with Gasteiger partial charge in [-0.2, -0.15) is 14.4 Å². The Morgan fingerprint density at radius 2 is 1.46 bits per heavy atom. The molecule has 2 spiro atoms. The maximum atomic E-state index is 15.1. The van der Waals surface area contributed by atoms with Crippen LogP contribution in [-0.4, -0.2) is 62.3 Å². The molecule has 1 unspecified atom stereocenters. The van der Waals surface area contributed by atoms with Crippen molar-refractivity contribution in [2.45, 2.75) is 179 Å². The molecule has 1 N–H and O–H groups in total. The van der Waals surface area contributed by atoms with Crippen LogP contribution in [0.25, 0.3) is 11.2 Å². The van der Waals surface area contributed by atoms with E-state index >= 15 is 4.39 Å². The van der Waals surface area contributed by atoms with Crippen LogP contribution in [0, 0.1) is 28.7 Å².